The summed E-state index contributed by atoms with van der Waals surface area (Å²) in [7, 11) is 2.86. The molecule has 0 saturated carbocycles. The quantitative estimate of drug-likeness (QED) is 0.0679. The lowest BCUT2D eigenvalue weighted by molar-refractivity contribution is -0.122. The number of rotatable bonds is 14. The van der Waals surface area contributed by atoms with Crippen LogP contribution in [0.1, 0.15) is 51.1 Å². The van der Waals surface area contributed by atoms with Crippen molar-refractivity contribution in [1.82, 2.24) is 10.9 Å². The first-order valence-electron chi connectivity index (χ1n) is 14.6. The van der Waals surface area contributed by atoms with Crippen LogP contribution in [0, 0.1) is 0 Å². The summed E-state index contributed by atoms with van der Waals surface area (Å²) in [5.74, 6) is -0.945. The van der Waals surface area contributed by atoms with Crippen LogP contribution in [-0.4, -0.2) is 50.4 Å². The minimum Gasteiger partial charge on any atom is -0.493 e. The number of halogens is 2. The van der Waals surface area contributed by atoms with Crippen molar-refractivity contribution < 1.29 is 38.1 Å². The first kappa shape index (κ1) is 36.1. The molecule has 0 heterocycles. The molecule has 12 nitrogen and oxygen atoms in total. The molecule has 0 spiro atoms. The molecule has 0 bridgehead atoms. The minimum absolute atomic E-state index is 0.0464. The molecule has 14 heteroatoms. The Balaban J connectivity index is 1.18. The molecular formula is C35H30Cl2N4O8. The van der Waals surface area contributed by atoms with Crippen molar-refractivity contribution >= 4 is 59.4 Å². The summed E-state index contributed by atoms with van der Waals surface area (Å²) in [4.78, 5) is 49.2. The molecule has 0 radical (unpaired) electrons. The van der Waals surface area contributed by atoms with Gasteiger partial charge in [-0.1, -0.05) is 23.2 Å². The van der Waals surface area contributed by atoms with E-state index in [1.54, 1.807) is 84.9 Å². The van der Waals surface area contributed by atoms with Crippen molar-refractivity contribution in [2.45, 2.75) is 19.3 Å². The van der Waals surface area contributed by atoms with Crippen LogP contribution in [0.4, 0.5) is 0 Å². The van der Waals surface area contributed by atoms with E-state index in [0.717, 1.165) is 0 Å². The Morgan fingerprint density at radius 2 is 0.980 bits per heavy atom. The highest BCUT2D eigenvalue weighted by Crippen LogP contribution is 2.29. The number of methoxy groups -OCH3 is 2. The molecule has 252 valence electrons. The molecule has 2 N–H and O–H groups in total. The van der Waals surface area contributed by atoms with Gasteiger partial charge in [-0.2, -0.15) is 10.2 Å². The Hall–Kier alpha value is -5.72. The predicted octanol–water partition coefficient (Wildman–Crippen LogP) is 6.22. The van der Waals surface area contributed by atoms with E-state index >= 15 is 0 Å². The third-order valence-corrected chi connectivity index (χ3v) is 7.06. The van der Waals surface area contributed by atoms with Crippen LogP contribution in [0.2, 0.25) is 10.0 Å². The average Bonchev–Trinajstić information content (AvgIpc) is 3.09. The van der Waals surface area contributed by atoms with Crippen molar-refractivity contribution in [2.24, 2.45) is 10.2 Å². The van der Waals surface area contributed by atoms with Gasteiger partial charge in [0.05, 0.1) is 37.8 Å². The molecule has 0 aliphatic rings. The number of nitrogens with one attached hydrogen (secondary N) is 2. The molecule has 4 aromatic carbocycles. The van der Waals surface area contributed by atoms with E-state index in [-0.39, 0.29) is 42.3 Å². The molecule has 0 saturated heterocycles. The Bertz CT molecular complexity index is 1730. The fourth-order valence-electron chi connectivity index (χ4n) is 4.07. The van der Waals surface area contributed by atoms with E-state index in [4.69, 9.17) is 42.1 Å². The molecule has 0 atom stereocenters. The number of hydrazone groups is 2. The maximum absolute atomic E-state index is 12.4. The van der Waals surface area contributed by atoms with Gasteiger partial charge in [0.15, 0.2) is 23.0 Å². The van der Waals surface area contributed by atoms with E-state index in [0.29, 0.717) is 32.3 Å². The van der Waals surface area contributed by atoms with Gasteiger partial charge in [-0.05, 0) is 102 Å². The fourth-order valence-corrected chi connectivity index (χ4v) is 4.32. The number of benzene rings is 4. The van der Waals surface area contributed by atoms with Crippen LogP contribution >= 0.6 is 23.2 Å². The third kappa shape index (κ3) is 11.2. The molecule has 0 aromatic heterocycles. The predicted molar refractivity (Wildman–Crippen MR) is 184 cm³/mol. The molecule has 0 unspecified atom stereocenters. The van der Waals surface area contributed by atoms with Gasteiger partial charge in [0.1, 0.15) is 0 Å². The lowest BCUT2D eigenvalue weighted by Gasteiger charge is -2.10. The van der Waals surface area contributed by atoms with Gasteiger partial charge in [-0.25, -0.2) is 20.4 Å². The highest BCUT2D eigenvalue weighted by molar-refractivity contribution is 6.31. The number of amides is 2. The van der Waals surface area contributed by atoms with Gasteiger partial charge >= 0.3 is 11.9 Å². The zero-order valence-electron chi connectivity index (χ0n) is 26.3. The molecule has 4 aromatic rings. The van der Waals surface area contributed by atoms with E-state index in [1.807, 2.05) is 0 Å². The zero-order valence-corrected chi connectivity index (χ0v) is 27.8. The lowest BCUT2D eigenvalue weighted by Crippen LogP contribution is -2.20. The molecule has 0 aliphatic carbocycles. The van der Waals surface area contributed by atoms with Gasteiger partial charge in [-0.15, -0.1) is 0 Å². The van der Waals surface area contributed by atoms with E-state index < -0.39 is 23.8 Å². The maximum Gasteiger partial charge on any atom is 0.343 e. The molecule has 2 amide bonds. The minimum atomic E-state index is -0.577. The van der Waals surface area contributed by atoms with E-state index in [2.05, 4.69) is 21.1 Å². The summed E-state index contributed by atoms with van der Waals surface area (Å²) in [5, 5.41) is 8.86. The third-order valence-electron chi connectivity index (χ3n) is 6.55. The van der Waals surface area contributed by atoms with Crippen molar-refractivity contribution in [1.29, 1.82) is 0 Å². The summed E-state index contributed by atoms with van der Waals surface area (Å²) in [6, 6.07) is 22.1. The lowest BCUT2D eigenvalue weighted by atomic mass is 10.2. The largest absolute Gasteiger partial charge is 0.493 e. The van der Waals surface area contributed by atoms with Crippen molar-refractivity contribution in [3.8, 4) is 23.0 Å². The number of hydrogen-bond donors (Lipinski definition) is 2. The summed E-state index contributed by atoms with van der Waals surface area (Å²) >= 11 is 11.7. The number of nitrogens with zero attached hydrogens (tertiary/aromatic N) is 2. The first-order chi connectivity index (χ1) is 23.6. The number of hydrogen-bond acceptors (Lipinski definition) is 10. The van der Waals surface area contributed by atoms with Crippen LogP contribution in [0.15, 0.2) is 95.1 Å². The van der Waals surface area contributed by atoms with Gasteiger partial charge in [0.25, 0.3) is 0 Å². The van der Waals surface area contributed by atoms with Crippen molar-refractivity contribution in [3.63, 3.8) is 0 Å². The average molecular weight is 706 g/mol. The Morgan fingerprint density at radius 3 is 1.35 bits per heavy atom. The number of carbonyl (C=O) groups is 4. The van der Waals surface area contributed by atoms with Crippen LogP contribution in [0.5, 0.6) is 23.0 Å². The number of ether oxygens (including phenoxy) is 4. The second kappa shape index (κ2) is 18.0. The van der Waals surface area contributed by atoms with Crippen LogP contribution < -0.4 is 29.8 Å². The topological polar surface area (TPSA) is 154 Å². The first-order valence-corrected chi connectivity index (χ1v) is 15.4. The summed E-state index contributed by atoms with van der Waals surface area (Å²) in [6.45, 7) is 0. The smallest absolute Gasteiger partial charge is 0.343 e. The van der Waals surface area contributed by atoms with Gasteiger partial charge in [0, 0.05) is 22.9 Å². The van der Waals surface area contributed by atoms with Crippen LogP contribution in [0.3, 0.4) is 0 Å². The highest BCUT2D eigenvalue weighted by atomic mass is 35.5. The van der Waals surface area contributed by atoms with E-state index in [1.165, 1.54) is 26.6 Å². The molecule has 0 aliphatic heterocycles. The van der Waals surface area contributed by atoms with Crippen LogP contribution in [0.25, 0.3) is 0 Å². The summed E-state index contributed by atoms with van der Waals surface area (Å²) < 4.78 is 21.5. The Morgan fingerprint density at radius 1 is 0.592 bits per heavy atom. The molecular weight excluding hydrogens is 675 g/mol. The van der Waals surface area contributed by atoms with Crippen molar-refractivity contribution in [3.05, 3.63) is 117 Å². The fraction of sp³-hybridized carbons (Fsp3) is 0.143. The zero-order chi connectivity index (χ0) is 35.2. The molecule has 0 fully saturated rings. The second-order valence-corrected chi connectivity index (χ2v) is 10.9. The molecule has 49 heavy (non-hydrogen) atoms. The highest BCUT2D eigenvalue weighted by Gasteiger charge is 2.14. The maximum atomic E-state index is 12.4. The second-order valence-electron chi connectivity index (χ2n) is 10.1. The van der Waals surface area contributed by atoms with Gasteiger partial charge in [0.2, 0.25) is 11.8 Å². The van der Waals surface area contributed by atoms with E-state index in [9.17, 15) is 19.2 Å². The van der Waals surface area contributed by atoms with Crippen LogP contribution in [-0.2, 0) is 9.59 Å². The SMILES string of the molecule is COc1cc(/C=N\NC(=O)CCCC(=O)N/N=C\c2ccc(OC(=O)c3ccc(Cl)cc3)c(OC)c2)ccc1OC(=O)c1ccc(Cl)cc1. The van der Waals surface area contributed by atoms with Crippen molar-refractivity contribution in [2.75, 3.05) is 14.2 Å². The standard InChI is InChI=1S/C35H30Cl2N4O8/c1-46-30-18-22(6-16-28(30)48-34(44)24-8-12-26(36)13-9-24)20-38-40-32(42)4-3-5-33(43)41-39-21-23-7-17-29(31(19-23)47-2)49-35(45)25-10-14-27(37)15-11-25/h6-21H,3-5H2,1-2H3,(H,40,42)(H,41,43)/b38-20-,39-21-. The Kier molecular flexibility index (Phi) is 13.3. The van der Waals surface area contributed by atoms with Gasteiger partial charge < -0.3 is 18.9 Å². The summed E-state index contributed by atoms with van der Waals surface area (Å²) in [5.41, 5.74) is 6.61. The number of esters is 2. The molecule has 4 rings (SSSR count). The monoisotopic (exact) mass is 704 g/mol. The summed E-state index contributed by atoms with van der Waals surface area (Å²) in [6.07, 6.45) is 3.15. The van der Waals surface area contributed by atoms with Gasteiger partial charge in [-0.3, -0.25) is 9.59 Å². The Labute approximate surface area is 291 Å². The number of carbonyl (C=O) groups excluding carboxylic acids is 4. The normalized spacial score (nSPS) is 10.9.